The van der Waals surface area contributed by atoms with Crippen LogP contribution >= 0.6 is 11.8 Å². The Kier molecular flexibility index (Phi) is 5.56. The van der Waals surface area contributed by atoms with Crippen molar-refractivity contribution >= 4 is 28.5 Å². The van der Waals surface area contributed by atoms with Crippen molar-refractivity contribution in [2.45, 2.75) is 44.1 Å². The van der Waals surface area contributed by atoms with Crippen LogP contribution in [0.1, 0.15) is 31.7 Å². The minimum absolute atomic E-state index is 0.0527. The number of hydrogen-bond acceptors (Lipinski definition) is 5. The second-order valence-corrected chi connectivity index (χ2v) is 8.04. The summed E-state index contributed by atoms with van der Waals surface area (Å²) < 4.78 is 0. The Labute approximate surface area is 154 Å². The van der Waals surface area contributed by atoms with E-state index in [-0.39, 0.29) is 12.0 Å². The molecular formula is C20H28N2O2S. The van der Waals surface area contributed by atoms with E-state index < -0.39 is 6.10 Å². The van der Waals surface area contributed by atoms with Gasteiger partial charge in [0, 0.05) is 28.8 Å². The van der Waals surface area contributed by atoms with Crippen molar-refractivity contribution in [3.63, 3.8) is 0 Å². The van der Waals surface area contributed by atoms with Crippen LogP contribution in [-0.4, -0.2) is 47.3 Å². The molecule has 0 radical (unpaired) electrons. The third-order valence-electron chi connectivity index (χ3n) is 5.58. The lowest BCUT2D eigenvalue weighted by molar-refractivity contribution is -0.0372. The van der Waals surface area contributed by atoms with Crippen molar-refractivity contribution in [2.75, 3.05) is 30.9 Å². The number of piperidine rings is 1. The van der Waals surface area contributed by atoms with Gasteiger partial charge in [0.2, 0.25) is 0 Å². The number of aromatic nitrogens is 1. The van der Waals surface area contributed by atoms with E-state index in [9.17, 15) is 10.2 Å². The van der Waals surface area contributed by atoms with Gasteiger partial charge in [-0.25, -0.2) is 4.98 Å². The Morgan fingerprint density at radius 1 is 1.36 bits per heavy atom. The van der Waals surface area contributed by atoms with Gasteiger partial charge in [0.15, 0.2) is 0 Å². The maximum absolute atomic E-state index is 10.7. The number of nitrogens with zero attached hydrogens (tertiary/aromatic N) is 2. The third-order valence-corrected chi connectivity index (χ3v) is 6.30. The number of anilines is 1. The highest BCUT2D eigenvalue weighted by Crippen LogP contribution is 2.37. The Bertz CT molecular complexity index is 752. The fourth-order valence-corrected chi connectivity index (χ4v) is 4.37. The molecule has 4 nitrogen and oxygen atoms in total. The van der Waals surface area contributed by atoms with Gasteiger partial charge >= 0.3 is 0 Å². The standard InChI is InChI=1S/C20H28N2O2S/c1-4-7-20(13-23)8-9-22(12-18(20)24)19-10-14(2)16-6-5-15(25-3)11-17(16)21-19/h5-6,10-11,18,23-24H,4,7-9,12-13H2,1-3H3/t18-,20+/m0/s1. The van der Waals surface area contributed by atoms with E-state index in [0.717, 1.165) is 37.1 Å². The molecular weight excluding hydrogens is 332 g/mol. The topological polar surface area (TPSA) is 56.6 Å². The molecule has 1 aromatic carbocycles. The number of pyridine rings is 1. The Hall–Kier alpha value is -1.30. The summed E-state index contributed by atoms with van der Waals surface area (Å²) in [7, 11) is 0. The number of hydrogen-bond donors (Lipinski definition) is 2. The average molecular weight is 361 g/mol. The Morgan fingerprint density at radius 3 is 2.80 bits per heavy atom. The summed E-state index contributed by atoms with van der Waals surface area (Å²) in [5.41, 5.74) is 1.85. The summed E-state index contributed by atoms with van der Waals surface area (Å²) in [6.45, 7) is 5.62. The number of rotatable bonds is 5. The average Bonchev–Trinajstić information content (AvgIpc) is 2.63. The van der Waals surface area contributed by atoms with Gasteiger partial charge in [-0.1, -0.05) is 19.4 Å². The van der Waals surface area contributed by atoms with E-state index in [0.29, 0.717) is 6.54 Å². The number of aliphatic hydroxyl groups excluding tert-OH is 2. The van der Waals surface area contributed by atoms with Crippen LogP contribution in [-0.2, 0) is 0 Å². The minimum Gasteiger partial charge on any atom is -0.396 e. The summed E-state index contributed by atoms with van der Waals surface area (Å²) in [4.78, 5) is 8.23. The van der Waals surface area contributed by atoms with Crippen LogP contribution in [0.2, 0.25) is 0 Å². The molecule has 1 aliphatic rings. The van der Waals surface area contributed by atoms with E-state index in [1.165, 1.54) is 15.8 Å². The Morgan fingerprint density at radius 2 is 2.16 bits per heavy atom. The number of aliphatic hydroxyl groups is 2. The molecule has 0 aliphatic carbocycles. The zero-order valence-corrected chi connectivity index (χ0v) is 16.1. The molecule has 0 bridgehead atoms. The van der Waals surface area contributed by atoms with E-state index in [1.54, 1.807) is 11.8 Å². The van der Waals surface area contributed by atoms with E-state index in [2.05, 4.69) is 49.3 Å². The smallest absolute Gasteiger partial charge is 0.129 e. The molecule has 2 heterocycles. The van der Waals surface area contributed by atoms with Crippen LogP contribution in [0.25, 0.3) is 10.9 Å². The first kappa shape index (κ1) is 18.5. The van der Waals surface area contributed by atoms with E-state index in [4.69, 9.17) is 4.98 Å². The predicted molar refractivity (Wildman–Crippen MR) is 106 cm³/mol. The molecule has 25 heavy (non-hydrogen) atoms. The van der Waals surface area contributed by atoms with Crippen molar-refractivity contribution in [1.29, 1.82) is 0 Å². The second kappa shape index (κ2) is 7.52. The van der Waals surface area contributed by atoms with Gasteiger partial charge < -0.3 is 15.1 Å². The van der Waals surface area contributed by atoms with Gasteiger partial charge in [0.1, 0.15) is 5.82 Å². The molecule has 1 saturated heterocycles. The minimum atomic E-state index is -0.526. The highest BCUT2D eigenvalue weighted by atomic mass is 32.2. The van der Waals surface area contributed by atoms with Crippen LogP contribution in [0.3, 0.4) is 0 Å². The number of β-amino-alcohol motifs (C(OH)–C–C–N with tert-alkyl or cyclic N) is 1. The quantitative estimate of drug-likeness (QED) is 0.798. The predicted octanol–water partition coefficient (Wildman–Crippen LogP) is 3.61. The lowest BCUT2D eigenvalue weighted by Crippen LogP contribution is -2.53. The van der Waals surface area contributed by atoms with Crippen molar-refractivity contribution < 1.29 is 10.2 Å². The van der Waals surface area contributed by atoms with E-state index in [1.807, 2.05) is 0 Å². The van der Waals surface area contributed by atoms with Crippen molar-refractivity contribution in [2.24, 2.45) is 5.41 Å². The van der Waals surface area contributed by atoms with Gasteiger partial charge in [-0.2, -0.15) is 0 Å². The zero-order chi connectivity index (χ0) is 18.0. The van der Waals surface area contributed by atoms with E-state index >= 15 is 0 Å². The number of thioether (sulfide) groups is 1. The molecule has 1 aliphatic heterocycles. The van der Waals surface area contributed by atoms with Crippen molar-refractivity contribution in [3.05, 3.63) is 29.8 Å². The molecule has 0 amide bonds. The lowest BCUT2D eigenvalue weighted by Gasteiger charge is -2.45. The van der Waals surface area contributed by atoms with Crippen LogP contribution in [0, 0.1) is 12.3 Å². The highest BCUT2D eigenvalue weighted by molar-refractivity contribution is 7.98. The third kappa shape index (κ3) is 3.50. The van der Waals surface area contributed by atoms with Crippen LogP contribution in [0.5, 0.6) is 0 Å². The van der Waals surface area contributed by atoms with Gasteiger partial charge in [0.25, 0.3) is 0 Å². The monoisotopic (exact) mass is 360 g/mol. The maximum Gasteiger partial charge on any atom is 0.129 e. The van der Waals surface area contributed by atoms with Crippen LogP contribution < -0.4 is 4.90 Å². The molecule has 2 N–H and O–H groups in total. The van der Waals surface area contributed by atoms with Gasteiger partial charge in [0.05, 0.1) is 18.2 Å². The molecule has 1 aromatic heterocycles. The molecule has 1 fully saturated rings. The molecule has 2 atom stereocenters. The van der Waals surface area contributed by atoms with Crippen LogP contribution in [0.4, 0.5) is 5.82 Å². The second-order valence-electron chi connectivity index (χ2n) is 7.16. The molecule has 2 aromatic rings. The van der Waals surface area contributed by atoms with Crippen molar-refractivity contribution in [3.8, 4) is 0 Å². The molecule has 0 unspecified atom stereocenters. The molecule has 3 rings (SSSR count). The van der Waals surface area contributed by atoms with Gasteiger partial charge in [-0.3, -0.25) is 0 Å². The fraction of sp³-hybridized carbons (Fsp3) is 0.550. The summed E-state index contributed by atoms with van der Waals surface area (Å²) in [5.74, 6) is 0.922. The first-order valence-electron chi connectivity index (χ1n) is 9.02. The first-order chi connectivity index (χ1) is 12.0. The SMILES string of the molecule is CCC[C@]1(CO)CCN(c2cc(C)c3ccc(SC)cc3n2)C[C@@H]1O. The Balaban J connectivity index is 1.90. The molecule has 136 valence electrons. The number of aryl methyl sites for hydroxylation is 1. The summed E-state index contributed by atoms with van der Waals surface area (Å²) in [5, 5.41) is 21.7. The van der Waals surface area contributed by atoms with Crippen molar-refractivity contribution in [1.82, 2.24) is 4.98 Å². The molecule has 0 spiro atoms. The lowest BCUT2D eigenvalue weighted by atomic mass is 9.73. The maximum atomic E-state index is 10.7. The molecule has 5 heteroatoms. The largest absolute Gasteiger partial charge is 0.396 e. The van der Waals surface area contributed by atoms with Gasteiger partial charge in [-0.15, -0.1) is 11.8 Å². The summed E-state index contributed by atoms with van der Waals surface area (Å²) in [6, 6.07) is 8.51. The normalized spacial score (nSPS) is 24.0. The number of benzene rings is 1. The summed E-state index contributed by atoms with van der Waals surface area (Å²) in [6.07, 6.45) is 4.17. The number of fused-ring (bicyclic) bond motifs is 1. The summed E-state index contributed by atoms with van der Waals surface area (Å²) >= 11 is 1.72. The first-order valence-corrected chi connectivity index (χ1v) is 10.2. The van der Waals surface area contributed by atoms with Crippen LogP contribution in [0.15, 0.2) is 29.2 Å². The molecule has 0 saturated carbocycles. The highest BCUT2D eigenvalue weighted by Gasteiger charge is 2.41. The zero-order valence-electron chi connectivity index (χ0n) is 15.3. The van der Waals surface area contributed by atoms with Gasteiger partial charge in [-0.05, 0) is 49.8 Å². The fourth-order valence-electron chi connectivity index (χ4n) is 3.93.